The third kappa shape index (κ3) is 4.42. The second kappa shape index (κ2) is 11.2. The van der Waals surface area contributed by atoms with Crippen LogP contribution in [0.25, 0.3) is 33.4 Å². The van der Waals surface area contributed by atoms with Crippen molar-refractivity contribution in [1.29, 1.82) is 0 Å². The summed E-state index contributed by atoms with van der Waals surface area (Å²) in [5.41, 5.74) is 14.0. The van der Waals surface area contributed by atoms with Crippen molar-refractivity contribution in [3.8, 4) is 33.4 Å². The standard InChI is InChI=1S/C44H36Si/c1-31-15-9-13-23-38(31)33-25-27-40-41-28-26-34(39-24-14-10-16-32(39)2)30-43(41)44(42(40)29-33)45(37-21-11-12-22-37,35-17-5-3-6-18-35)36-19-7-4-8-20-36/h3-30,37,44H,1-2H3. The predicted molar refractivity (Wildman–Crippen MR) is 194 cm³/mol. The van der Waals surface area contributed by atoms with Crippen LogP contribution in [0.15, 0.2) is 170 Å². The Morgan fingerprint density at radius 3 is 1.29 bits per heavy atom. The lowest BCUT2D eigenvalue weighted by molar-refractivity contribution is 1.09. The highest BCUT2D eigenvalue weighted by Gasteiger charge is 2.53. The lowest BCUT2D eigenvalue weighted by Gasteiger charge is -2.43. The van der Waals surface area contributed by atoms with Crippen LogP contribution in [0.2, 0.25) is 5.54 Å². The fraction of sp³-hybridized carbons (Fsp3) is 0.0909. The molecule has 0 bridgehead atoms. The highest BCUT2D eigenvalue weighted by molar-refractivity contribution is 7.05. The van der Waals surface area contributed by atoms with E-state index in [1.165, 1.54) is 66.0 Å². The SMILES string of the molecule is Cc1ccccc1-c1ccc2c(c1)C([Si](c1ccccc1)(c1ccccc1)C1C=CC=C1)c1cc(-c3ccccc3C)ccc1-2. The Morgan fingerprint density at radius 2 is 0.844 bits per heavy atom. The lowest BCUT2D eigenvalue weighted by Crippen LogP contribution is -2.65. The smallest absolute Gasteiger partial charge is 0.0796 e. The van der Waals surface area contributed by atoms with Crippen molar-refractivity contribution in [2.24, 2.45) is 0 Å². The molecule has 0 aliphatic heterocycles. The average molecular weight is 593 g/mol. The first-order valence-corrected chi connectivity index (χ1v) is 18.2. The van der Waals surface area contributed by atoms with Gasteiger partial charge in [0.05, 0.1) is 0 Å². The van der Waals surface area contributed by atoms with Crippen LogP contribution in [0.4, 0.5) is 0 Å². The summed E-state index contributed by atoms with van der Waals surface area (Å²) >= 11 is 0. The maximum absolute atomic E-state index is 2.63. The van der Waals surface area contributed by atoms with E-state index in [0.29, 0.717) is 5.54 Å². The minimum absolute atomic E-state index is 0.220. The summed E-state index contributed by atoms with van der Waals surface area (Å²) in [6, 6.07) is 55.1. The van der Waals surface area contributed by atoms with Gasteiger partial charge in [-0.1, -0.05) is 180 Å². The molecule has 0 fully saturated rings. The maximum Gasteiger partial charge on any atom is 0.139 e. The average Bonchev–Trinajstić information content (AvgIpc) is 3.74. The van der Waals surface area contributed by atoms with Gasteiger partial charge in [0, 0.05) is 5.54 Å². The molecule has 6 aromatic carbocycles. The Kier molecular flexibility index (Phi) is 6.85. The summed E-state index contributed by atoms with van der Waals surface area (Å²) in [6.45, 7) is 4.45. The van der Waals surface area contributed by atoms with Crippen molar-refractivity contribution < 1.29 is 0 Å². The van der Waals surface area contributed by atoms with Gasteiger partial charge in [0.15, 0.2) is 0 Å². The molecule has 0 heterocycles. The Hall–Kier alpha value is -4.98. The van der Waals surface area contributed by atoms with E-state index >= 15 is 0 Å². The molecule has 2 aliphatic rings. The molecular formula is C44H36Si. The molecule has 6 aromatic rings. The van der Waals surface area contributed by atoms with Crippen molar-refractivity contribution >= 4 is 18.4 Å². The Balaban J connectivity index is 1.48. The lowest BCUT2D eigenvalue weighted by atomic mass is 9.95. The number of benzene rings is 6. The summed E-state index contributed by atoms with van der Waals surface area (Å²) < 4.78 is 0. The van der Waals surface area contributed by atoms with Crippen LogP contribution in [-0.4, -0.2) is 8.07 Å². The van der Waals surface area contributed by atoms with Crippen molar-refractivity contribution in [3.05, 3.63) is 192 Å². The summed E-state index contributed by atoms with van der Waals surface area (Å²) in [6.07, 6.45) is 9.48. The Bertz CT molecular complexity index is 1940. The molecule has 1 heteroatoms. The number of aryl methyl sites for hydroxylation is 2. The topological polar surface area (TPSA) is 0 Å². The minimum Gasteiger partial charge on any atom is -0.0796 e. The molecule has 0 spiro atoms. The van der Waals surface area contributed by atoms with Crippen molar-refractivity contribution in [1.82, 2.24) is 0 Å². The largest absolute Gasteiger partial charge is 0.139 e. The van der Waals surface area contributed by atoms with Gasteiger partial charge in [-0.2, -0.15) is 0 Å². The Labute approximate surface area is 268 Å². The van der Waals surface area contributed by atoms with Gasteiger partial charge in [-0.3, -0.25) is 0 Å². The molecule has 0 saturated carbocycles. The van der Waals surface area contributed by atoms with E-state index in [1.807, 2.05) is 0 Å². The van der Waals surface area contributed by atoms with Crippen LogP contribution in [0.5, 0.6) is 0 Å². The van der Waals surface area contributed by atoms with E-state index < -0.39 is 8.07 Å². The fourth-order valence-corrected chi connectivity index (χ4v) is 14.1. The molecule has 2 aliphatic carbocycles. The van der Waals surface area contributed by atoms with Crippen molar-refractivity contribution in [2.75, 3.05) is 0 Å². The van der Waals surface area contributed by atoms with E-state index in [-0.39, 0.29) is 5.54 Å². The summed E-state index contributed by atoms with van der Waals surface area (Å²) in [5, 5.41) is 2.95. The molecule has 0 unspecified atom stereocenters. The molecule has 0 saturated heterocycles. The number of fused-ring (bicyclic) bond motifs is 3. The van der Waals surface area contributed by atoms with Crippen LogP contribution >= 0.6 is 0 Å². The van der Waals surface area contributed by atoms with Crippen LogP contribution in [0.3, 0.4) is 0 Å². The molecule has 0 aromatic heterocycles. The van der Waals surface area contributed by atoms with Crippen LogP contribution in [-0.2, 0) is 0 Å². The zero-order chi connectivity index (χ0) is 30.4. The number of allylic oxidation sites excluding steroid dienone is 4. The Morgan fingerprint density at radius 1 is 0.422 bits per heavy atom. The van der Waals surface area contributed by atoms with Crippen molar-refractivity contribution in [2.45, 2.75) is 24.9 Å². The first-order chi connectivity index (χ1) is 22.2. The van der Waals surface area contributed by atoms with Gasteiger partial charge < -0.3 is 0 Å². The predicted octanol–water partition coefficient (Wildman–Crippen LogP) is 10.0. The fourth-order valence-electron chi connectivity index (χ4n) is 8.12. The molecule has 216 valence electrons. The van der Waals surface area contributed by atoms with Crippen LogP contribution in [0, 0.1) is 13.8 Å². The third-order valence-electron chi connectivity index (χ3n) is 10.2. The first kappa shape index (κ1) is 27.6. The molecule has 0 atom stereocenters. The van der Waals surface area contributed by atoms with E-state index in [9.17, 15) is 0 Å². The molecule has 45 heavy (non-hydrogen) atoms. The highest BCUT2D eigenvalue weighted by atomic mass is 28.3. The van der Waals surface area contributed by atoms with Crippen LogP contribution in [0.1, 0.15) is 27.8 Å². The molecule has 0 nitrogen and oxygen atoms in total. The van der Waals surface area contributed by atoms with E-state index in [4.69, 9.17) is 0 Å². The van der Waals surface area contributed by atoms with Gasteiger partial charge in [0.2, 0.25) is 0 Å². The number of hydrogen-bond acceptors (Lipinski definition) is 0. The van der Waals surface area contributed by atoms with Gasteiger partial charge in [-0.25, -0.2) is 0 Å². The normalized spacial score (nSPS) is 14.1. The molecule has 0 amide bonds. The molecular weight excluding hydrogens is 557 g/mol. The summed E-state index contributed by atoms with van der Waals surface area (Å²) in [4.78, 5) is 0. The number of hydrogen-bond donors (Lipinski definition) is 0. The third-order valence-corrected chi connectivity index (χ3v) is 15.7. The zero-order valence-electron chi connectivity index (χ0n) is 25.8. The van der Waals surface area contributed by atoms with Crippen molar-refractivity contribution in [3.63, 3.8) is 0 Å². The minimum atomic E-state index is -2.63. The highest BCUT2D eigenvalue weighted by Crippen LogP contribution is 2.54. The van der Waals surface area contributed by atoms with E-state index in [0.717, 1.165) is 0 Å². The second-order valence-corrected chi connectivity index (χ2v) is 16.7. The second-order valence-electron chi connectivity index (χ2n) is 12.6. The molecule has 8 rings (SSSR count). The van der Waals surface area contributed by atoms with E-state index in [2.05, 4.69) is 184 Å². The van der Waals surface area contributed by atoms with Gasteiger partial charge in [0.1, 0.15) is 8.07 Å². The molecule has 0 N–H and O–H groups in total. The van der Waals surface area contributed by atoms with E-state index in [1.54, 1.807) is 0 Å². The summed E-state index contributed by atoms with van der Waals surface area (Å²) in [7, 11) is -2.63. The quantitative estimate of drug-likeness (QED) is 0.169. The van der Waals surface area contributed by atoms with Crippen LogP contribution < -0.4 is 10.4 Å². The molecule has 0 radical (unpaired) electrons. The van der Waals surface area contributed by atoms with Gasteiger partial charge >= 0.3 is 0 Å². The van der Waals surface area contributed by atoms with Gasteiger partial charge in [-0.15, -0.1) is 0 Å². The zero-order valence-corrected chi connectivity index (χ0v) is 26.8. The maximum atomic E-state index is 2.53. The monoisotopic (exact) mass is 592 g/mol. The van der Waals surface area contributed by atoms with Gasteiger partial charge in [0.25, 0.3) is 0 Å². The number of rotatable bonds is 6. The summed E-state index contributed by atoms with van der Waals surface area (Å²) in [5.74, 6) is 0. The van der Waals surface area contributed by atoms with Gasteiger partial charge in [-0.05, 0) is 75.0 Å². The first-order valence-electron chi connectivity index (χ1n) is 16.0.